The van der Waals surface area contributed by atoms with E-state index in [1.165, 1.54) is 24.3 Å². The molecule has 0 aliphatic carbocycles. The van der Waals surface area contributed by atoms with Gasteiger partial charge in [0.25, 0.3) is 15.9 Å². The number of sulfonamides is 1. The fourth-order valence-electron chi connectivity index (χ4n) is 2.64. The van der Waals surface area contributed by atoms with Crippen LogP contribution in [-0.2, 0) is 14.8 Å². The Morgan fingerprint density at radius 2 is 1.42 bits per heavy atom. The molecule has 0 bridgehead atoms. The fourth-order valence-corrected chi connectivity index (χ4v) is 4.50. The zero-order valence-electron chi connectivity index (χ0n) is 16.4. The summed E-state index contributed by atoms with van der Waals surface area (Å²) in [5.74, 6) is -1.14. The lowest BCUT2D eigenvalue weighted by atomic mass is 10.2. The van der Waals surface area contributed by atoms with E-state index in [-0.39, 0.29) is 10.0 Å². The predicted octanol–water partition coefficient (Wildman–Crippen LogP) is 3.70. The second-order valence-electron chi connectivity index (χ2n) is 6.39. The fraction of sp³-hybridized carbons (Fsp3) is 0.0455. The molecule has 0 aliphatic heterocycles. The molecule has 0 spiro atoms. The number of anilines is 1. The lowest BCUT2D eigenvalue weighted by Crippen LogP contribution is -2.28. The quantitative estimate of drug-likeness (QED) is 0.550. The average molecular weight is 455 g/mol. The highest BCUT2D eigenvalue weighted by Crippen LogP contribution is 2.27. The van der Waals surface area contributed by atoms with Gasteiger partial charge in [-0.1, -0.05) is 42.5 Å². The zero-order valence-corrected chi connectivity index (χ0v) is 18.0. The molecule has 9 heteroatoms. The summed E-state index contributed by atoms with van der Waals surface area (Å²) < 4.78 is 25.9. The maximum absolute atomic E-state index is 12.8. The van der Waals surface area contributed by atoms with Gasteiger partial charge in [0, 0.05) is 23.1 Å². The third-order valence-corrected chi connectivity index (χ3v) is 6.49. The second-order valence-corrected chi connectivity index (χ2v) is 9.09. The van der Waals surface area contributed by atoms with Crippen molar-refractivity contribution in [1.29, 1.82) is 0 Å². The average Bonchev–Trinajstić information content (AvgIpc) is 2.74. The Balaban J connectivity index is 1.75. The summed E-state index contributed by atoms with van der Waals surface area (Å²) >= 11 is 0.954. The molecule has 2 amide bonds. The molecular formula is C22H18N2O5S2. The van der Waals surface area contributed by atoms with Crippen LogP contribution in [0.4, 0.5) is 5.69 Å². The van der Waals surface area contributed by atoms with Crippen LogP contribution >= 0.6 is 11.8 Å². The molecule has 0 radical (unpaired) electrons. The molecule has 3 aromatic rings. The number of rotatable bonds is 6. The van der Waals surface area contributed by atoms with Gasteiger partial charge in [0.05, 0.1) is 10.5 Å². The van der Waals surface area contributed by atoms with E-state index in [1.54, 1.807) is 48.5 Å². The van der Waals surface area contributed by atoms with Crippen LogP contribution in [0.25, 0.3) is 0 Å². The topological polar surface area (TPSA) is 109 Å². The molecule has 0 saturated carbocycles. The zero-order chi connectivity index (χ0) is 22.4. The molecule has 0 aromatic heterocycles. The highest BCUT2D eigenvalue weighted by atomic mass is 32.2. The van der Waals surface area contributed by atoms with E-state index >= 15 is 0 Å². The molecule has 31 heavy (non-hydrogen) atoms. The van der Waals surface area contributed by atoms with Gasteiger partial charge in [-0.25, -0.2) is 13.1 Å². The molecule has 3 rings (SSSR count). The molecular weight excluding hydrogens is 436 g/mol. The van der Waals surface area contributed by atoms with E-state index in [1.807, 2.05) is 10.8 Å². The third kappa shape index (κ3) is 5.80. The van der Waals surface area contributed by atoms with Gasteiger partial charge in [-0.05, 0) is 48.2 Å². The molecule has 0 saturated heterocycles. The Kier molecular flexibility index (Phi) is 6.88. The summed E-state index contributed by atoms with van der Waals surface area (Å²) in [4.78, 5) is 36.7. The molecule has 0 heterocycles. The van der Waals surface area contributed by atoms with Crippen LogP contribution in [-0.4, -0.2) is 25.3 Å². The maximum Gasteiger partial charge on any atom is 0.264 e. The van der Waals surface area contributed by atoms with Gasteiger partial charge in [-0.2, -0.15) is 0 Å². The molecule has 158 valence electrons. The van der Waals surface area contributed by atoms with Crippen molar-refractivity contribution in [3.8, 4) is 0 Å². The van der Waals surface area contributed by atoms with E-state index in [2.05, 4.69) is 5.32 Å². The van der Waals surface area contributed by atoms with Crippen LogP contribution in [0.2, 0.25) is 0 Å². The van der Waals surface area contributed by atoms with E-state index in [0.29, 0.717) is 21.7 Å². The van der Waals surface area contributed by atoms with Gasteiger partial charge in [0.15, 0.2) is 0 Å². The van der Waals surface area contributed by atoms with Crippen LogP contribution in [0.15, 0.2) is 88.7 Å². The minimum Gasteiger partial charge on any atom is -0.322 e. The number of hydrogen-bond donors (Lipinski definition) is 2. The highest BCUT2D eigenvalue weighted by molar-refractivity contribution is 8.14. The van der Waals surface area contributed by atoms with Crippen LogP contribution in [0.3, 0.4) is 0 Å². The Hall–Kier alpha value is -3.43. The molecule has 0 aliphatic rings. The molecule has 0 fully saturated rings. The van der Waals surface area contributed by atoms with Crippen molar-refractivity contribution >= 4 is 44.4 Å². The molecule has 7 nitrogen and oxygen atoms in total. The van der Waals surface area contributed by atoms with Crippen LogP contribution in [0, 0.1) is 0 Å². The number of nitrogens with one attached hydrogen (secondary N) is 2. The van der Waals surface area contributed by atoms with Gasteiger partial charge in [-0.15, -0.1) is 0 Å². The van der Waals surface area contributed by atoms with Gasteiger partial charge in [0.1, 0.15) is 0 Å². The van der Waals surface area contributed by atoms with Crippen molar-refractivity contribution < 1.29 is 22.8 Å². The number of thioether (sulfide) groups is 1. The minimum absolute atomic E-state index is 0.106. The van der Waals surface area contributed by atoms with Crippen molar-refractivity contribution in [2.75, 3.05) is 5.32 Å². The Morgan fingerprint density at radius 3 is 2.06 bits per heavy atom. The van der Waals surface area contributed by atoms with Crippen molar-refractivity contribution in [1.82, 2.24) is 4.72 Å². The lowest BCUT2D eigenvalue weighted by molar-refractivity contribution is -0.117. The van der Waals surface area contributed by atoms with Crippen molar-refractivity contribution in [3.63, 3.8) is 0 Å². The van der Waals surface area contributed by atoms with Crippen LogP contribution < -0.4 is 10.0 Å². The summed E-state index contributed by atoms with van der Waals surface area (Å²) in [5.41, 5.74) is 1.20. The summed E-state index contributed by atoms with van der Waals surface area (Å²) in [5, 5.41) is 2.50. The Labute approximate surface area is 183 Å². The van der Waals surface area contributed by atoms with E-state index < -0.39 is 21.8 Å². The van der Waals surface area contributed by atoms with Crippen molar-refractivity contribution in [3.05, 3.63) is 90.0 Å². The van der Waals surface area contributed by atoms with Gasteiger partial charge in [-0.3, -0.25) is 14.4 Å². The summed E-state index contributed by atoms with van der Waals surface area (Å²) in [6, 6.07) is 20.8. The summed E-state index contributed by atoms with van der Waals surface area (Å²) in [7, 11) is -3.96. The van der Waals surface area contributed by atoms with Crippen molar-refractivity contribution in [2.24, 2.45) is 0 Å². The SMILES string of the molecule is CC(=O)NS(=O)(=O)c1ccc(NC(=O)c2ccccc2SC(=O)c2ccccc2)cc1. The number of benzene rings is 3. The first kappa shape index (κ1) is 22.3. The molecule has 3 aromatic carbocycles. The third-order valence-electron chi connectivity index (χ3n) is 4.04. The predicted molar refractivity (Wildman–Crippen MR) is 118 cm³/mol. The van der Waals surface area contributed by atoms with Crippen LogP contribution in [0.1, 0.15) is 27.6 Å². The highest BCUT2D eigenvalue weighted by Gasteiger charge is 2.17. The first-order valence-corrected chi connectivity index (χ1v) is 11.4. The first-order chi connectivity index (χ1) is 14.8. The summed E-state index contributed by atoms with van der Waals surface area (Å²) in [6.07, 6.45) is 0. The number of amides is 2. The van der Waals surface area contributed by atoms with Gasteiger partial charge in [0.2, 0.25) is 11.0 Å². The molecule has 2 N–H and O–H groups in total. The van der Waals surface area contributed by atoms with Gasteiger partial charge >= 0.3 is 0 Å². The number of carbonyl (C=O) groups excluding carboxylic acids is 3. The maximum atomic E-state index is 12.8. The molecule has 0 unspecified atom stereocenters. The number of hydrogen-bond acceptors (Lipinski definition) is 6. The van der Waals surface area contributed by atoms with E-state index in [0.717, 1.165) is 18.7 Å². The molecule has 0 atom stereocenters. The van der Waals surface area contributed by atoms with E-state index in [9.17, 15) is 22.8 Å². The largest absolute Gasteiger partial charge is 0.322 e. The standard InChI is InChI=1S/C22H18N2O5S2/c1-15(25)24-31(28,29)18-13-11-17(12-14-18)23-21(26)19-9-5-6-10-20(19)30-22(27)16-7-3-2-4-8-16/h2-14H,1H3,(H,23,26)(H,24,25). The monoisotopic (exact) mass is 454 g/mol. The second kappa shape index (κ2) is 9.59. The lowest BCUT2D eigenvalue weighted by Gasteiger charge is -2.10. The first-order valence-electron chi connectivity index (χ1n) is 9.07. The summed E-state index contributed by atoms with van der Waals surface area (Å²) in [6.45, 7) is 1.10. The van der Waals surface area contributed by atoms with Crippen LogP contribution in [0.5, 0.6) is 0 Å². The normalized spacial score (nSPS) is 10.9. The number of carbonyl (C=O) groups is 3. The van der Waals surface area contributed by atoms with Crippen molar-refractivity contribution in [2.45, 2.75) is 16.7 Å². The minimum atomic E-state index is -3.96. The Morgan fingerprint density at radius 1 is 0.806 bits per heavy atom. The Bertz CT molecular complexity index is 1220. The van der Waals surface area contributed by atoms with E-state index in [4.69, 9.17) is 0 Å². The smallest absolute Gasteiger partial charge is 0.264 e. The van der Waals surface area contributed by atoms with Gasteiger partial charge < -0.3 is 5.32 Å².